The minimum Gasteiger partial charge on any atom is -0.283 e. The number of rotatable bonds is 2. The van der Waals surface area contributed by atoms with Gasteiger partial charge in [-0.15, -0.1) is 0 Å². The number of halogens is 2. The topological polar surface area (TPSA) is 34.9 Å². The number of alkyl halides is 2. The molecule has 0 unspecified atom stereocenters. The average molecular weight is 222 g/mol. The van der Waals surface area contributed by atoms with Gasteiger partial charge in [0, 0.05) is 24.0 Å². The summed E-state index contributed by atoms with van der Waals surface area (Å²) >= 11 is 0. The zero-order valence-electron chi connectivity index (χ0n) is 8.18. The van der Waals surface area contributed by atoms with Crippen LogP contribution in [-0.2, 0) is 0 Å². The van der Waals surface area contributed by atoms with Crippen LogP contribution in [0.2, 0.25) is 0 Å². The molecular formula is C11H8F2N2O. The molecular weight excluding hydrogens is 214 g/mol. The molecule has 0 spiro atoms. The molecule has 2 heterocycles. The van der Waals surface area contributed by atoms with Crippen molar-refractivity contribution in [1.29, 1.82) is 0 Å². The summed E-state index contributed by atoms with van der Waals surface area (Å²) < 4.78 is 26.1. The van der Waals surface area contributed by atoms with Crippen molar-refractivity contribution in [2.75, 3.05) is 0 Å². The molecule has 0 radical (unpaired) electrons. The van der Waals surface area contributed by atoms with Crippen LogP contribution in [0.1, 0.15) is 12.0 Å². The largest absolute Gasteiger partial charge is 0.283 e. The SMILES string of the molecule is O=c1ccccn1-c1cncc(C(F)F)c1. The number of aromatic nitrogens is 2. The smallest absolute Gasteiger partial charge is 0.265 e. The zero-order chi connectivity index (χ0) is 11.5. The van der Waals surface area contributed by atoms with Crippen LogP contribution in [0.4, 0.5) is 8.78 Å². The molecule has 0 aliphatic heterocycles. The van der Waals surface area contributed by atoms with Crippen LogP contribution in [-0.4, -0.2) is 9.55 Å². The molecule has 0 fully saturated rings. The second kappa shape index (κ2) is 4.22. The predicted octanol–water partition coefficient (Wildman–Crippen LogP) is 2.17. The first kappa shape index (κ1) is 10.5. The average Bonchev–Trinajstić information content (AvgIpc) is 2.30. The van der Waals surface area contributed by atoms with Crippen LogP contribution >= 0.6 is 0 Å². The molecule has 0 aliphatic rings. The van der Waals surface area contributed by atoms with E-state index in [4.69, 9.17) is 0 Å². The highest BCUT2D eigenvalue weighted by Gasteiger charge is 2.08. The van der Waals surface area contributed by atoms with Crippen molar-refractivity contribution < 1.29 is 8.78 Å². The summed E-state index contributed by atoms with van der Waals surface area (Å²) in [7, 11) is 0. The summed E-state index contributed by atoms with van der Waals surface area (Å²) in [6.07, 6.45) is 1.37. The lowest BCUT2D eigenvalue weighted by atomic mass is 10.2. The number of hydrogen-bond acceptors (Lipinski definition) is 2. The fraction of sp³-hybridized carbons (Fsp3) is 0.0909. The zero-order valence-corrected chi connectivity index (χ0v) is 8.18. The first-order valence-corrected chi connectivity index (χ1v) is 4.59. The van der Waals surface area contributed by atoms with Gasteiger partial charge in [-0.25, -0.2) is 8.78 Å². The normalized spacial score (nSPS) is 10.7. The van der Waals surface area contributed by atoms with Crippen LogP contribution in [0.15, 0.2) is 47.7 Å². The lowest BCUT2D eigenvalue weighted by Crippen LogP contribution is -2.15. The Kier molecular flexibility index (Phi) is 2.76. The molecule has 0 amide bonds. The van der Waals surface area contributed by atoms with Crippen molar-refractivity contribution in [3.63, 3.8) is 0 Å². The highest BCUT2D eigenvalue weighted by molar-refractivity contribution is 5.32. The Balaban J connectivity index is 2.53. The fourth-order valence-corrected chi connectivity index (χ4v) is 1.34. The van der Waals surface area contributed by atoms with Crippen molar-refractivity contribution in [3.8, 4) is 5.69 Å². The van der Waals surface area contributed by atoms with E-state index in [-0.39, 0.29) is 11.1 Å². The van der Waals surface area contributed by atoms with Gasteiger partial charge >= 0.3 is 0 Å². The highest BCUT2D eigenvalue weighted by atomic mass is 19.3. The van der Waals surface area contributed by atoms with Gasteiger partial charge in [-0.05, 0) is 12.1 Å². The van der Waals surface area contributed by atoms with Crippen LogP contribution in [0, 0.1) is 0 Å². The van der Waals surface area contributed by atoms with Gasteiger partial charge in [-0.3, -0.25) is 14.3 Å². The molecule has 0 aliphatic carbocycles. The first-order valence-electron chi connectivity index (χ1n) is 4.59. The Labute approximate surface area is 90.0 Å². The van der Waals surface area contributed by atoms with E-state index in [9.17, 15) is 13.6 Å². The number of pyridine rings is 2. The van der Waals surface area contributed by atoms with Crippen molar-refractivity contribution in [3.05, 3.63) is 58.8 Å². The molecule has 2 aromatic heterocycles. The Morgan fingerprint density at radius 2 is 2.06 bits per heavy atom. The minimum atomic E-state index is -2.59. The third-order valence-electron chi connectivity index (χ3n) is 2.10. The van der Waals surface area contributed by atoms with Gasteiger partial charge in [0.05, 0.1) is 11.9 Å². The van der Waals surface area contributed by atoms with Gasteiger partial charge in [0.1, 0.15) is 0 Å². The third-order valence-corrected chi connectivity index (χ3v) is 2.10. The molecule has 5 heteroatoms. The molecule has 3 nitrogen and oxygen atoms in total. The molecule has 0 N–H and O–H groups in total. The summed E-state index contributed by atoms with van der Waals surface area (Å²) in [5.41, 5.74) is -0.146. The van der Waals surface area contributed by atoms with Crippen molar-refractivity contribution in [2.24, 2.45) is 0 Å². The van der Waals surface area contributed by atoms with Crippen LogP contribution in [0.3, 0.4) is 0 Å². The predicted molar refractivity (Wildman–Crippen MR) is 54.8 cm³/mol. The Hall–Kier alpha value is -2.04. The highest BCUT2D eigenvalue weighted by Crippen LogP contribution is 2.19. The van der Waals surface area contributed by atoms with Gasteiger partial charge < -0.3 is 0 Å². The Bertz CT molecular complexity index is 551. The lowest BCUT2D eigenvalue weighted by molar-refractivity contribution is 0.151. The van der Waals surface area contributed by atoms with E-state index in [1.54, 1.807) is 12.1 Å². The molecule has 0 bridgehead atoms. The van der Waals surface area contributed by atoms with Gasteiger partial charge in [-0.1, -0.05) is 6.07 Å². The van der Waals surface area contributed by atoms with E-state index in [0.29, 0.717) is 5.69 Å². The second-order valence-electron chi connectivity index (χ2n) is 3.19. The number of hydrogen-bond donors (Lipinski definition) is 0. The van der Waals surface area contributed by atoms with Gasteiger partial charge in [0.15, 0.2) is 0 Å². The van der Waals surface area contributed by atoms with Gasteiger partial charge in [0.25, 0.3) is 12.0 Å². The molecule has 16 heavy (non-hydrogen) atoms. The quantitative estimate of drug-likeness (QED) is 0.780. The lowest BCUT2D eigenvalue weighted by Gasteiger charge is -2.06. The summed E-state index contributed by atoms with van der Waals surface area (Å²) in [5, 5.41) is 0. The molecule has 0 saturated heterocycles. The first-order chi connectivity index (χ1) is 7.68. The Morgan fingerprint density at radius 3 is 2.75 bits per heavy atom. The maximum absolute atomic E-state index is 12.4. The van der Waals surface area contributed by atoms with Crippen molar-refractivity contribution in [1.82, 2.24) is 9.55 Å². The molecule has 82 valence electrons. The molecule has 2 aromatic rings. The van der Waals surface area contributed by atoms with E-state index in [0.717, 1.165) is 6.20 Å². The summed E-state index contributed by atoms with van der Waals surface area (Å²) in [6.45, 7) is 0. The van der Waals surface area contributed by atoms with Crippen LogP contribution in [0.25, 0.3) is 5.69 Å². The summed E-state index contributed by atoms with van der Waals surface area (Å²) in [5.74, 6) is 0. The summed E-state index contributed by atoms with van der Waals surface area (Å²) in [6, 6.07) is 5.84. The van der Waals surface area contributed by atoms with Crippen molar-refractivity contribution >= 4 is 0 Å². The van der Waals surface area contributed by atoms with Crippen LogP contribution < -0.4 is 5.56 Å². The monoisotopic (exact) mass is 222 g/mol. The van der Waals surface area contributed by atoms with E-state index >= 15 is 0 Å². The van der Waals surface area contributed by atoms with Crippen molar-refractivity contribution in [2.45, 2.75) is 6.43 Å². The molecule has 0 atom stereocenters. The second-order valence-corrected chi connectivity index (χ2v) is 3.19. The van der Waals surface area contributed by atoms with Gasteiger partial charge in [-0.2, -0.15) is 0 Å². The van der Waals surface area contributed by atoms with E-state index < -0.39 is 6.43 Å². The maximum atomic E-state index is 12.4. The number of nitrogens with zero attached hydrogens (tertiary/aromatic N) is 2. The molecule has 2 rings (SSSR count). The fourth-order valence-electron chi connectivity index (χ4n) is 1.34. The van der Waals surface area contributed by atoms with E-state index in [2.05, 4.69) is 4.98 Å². The van der Waals surface area contributed by atoms with E-state index in [1.165, 1.54) is 29.1 Å². The standard InChI is InChI=1S/C11H8F2N2O/c12-11(13)8-5-9(7-14-6-8)15-4-2-1-3-10(15)16/h1-7,11H. The van der Waals surface area contributed by atoms with E-state index in [1.807, 2.05) is 0 Å². The van der Waals surface area contributed by atoms with Crippen LogP contribution in [0.5, 0.6) is 0 Å². The third kappa shape index (κ3) is 1.98. The summed E-state index contributed by atoms with van der Waals surface area (Å²) in [4.78, 5) is 15.1. The molecule has 0 saturated carbocycles. The Morgan fingerprint density at radius 1 is 1.25 bits per heavy atom. The molecule has 0 aromatic carbocycles. The minimum absolute atomic E-state index is 0.201. The van der Waals surface area contributed by atoms with Gasteiger partial charge in [0.2, 0.25) is 0 Å². The maximum Gasteiger partial charge on any atom is 0.265 e.